The van der Waals surface area contributed by atoms with Crippen molar-refractivity contribution in [1.29, 1.82) is 0 Å². The van der Waals surface area contributed by atoms with Crippen molar-refractivity contribution in [3.63, 3.8) is 0 Å². The molecule has 1 heterocycles. The van der Waals surface area contributed by atoms with Gasteiger partial charge in [-0.15, -0.1) is 0 Å². The Hall–Kier alpha value is -1.27. The van der Waals surface area contributed by atoms with Crippen molar-refractivity contribution >= 4 is 38.1 Å². The number of rotatable bonds is 5. The first-order valence-electron chi connectivity index (χ1n) is 5.80. The number of aromatic nitrogens is 1. The Labute approximate surface area is 125 Å². The van der Waals surface area contributed by atoms with E-state index in [1.165, 1.54) is 0 Å². The molecule has 0 radical (unpaired) electrons. The van der Waals surface area contributed by atoms with Crippen LogP contribution in [0.4, 0.5) is 10.8 Å². The standard InChI is InChI=1S/C13H16BrN3OS/c1-17(2)13-16-12(18-3)11(19-13)8-15-10-6-4-9(14)5-7-10/h4-7,15H,8H2,1-3H3. The third-order valence-corrected chi connectivity index (χ3v) is 4.26. The fourth-order valence-corrected chi connectivity index (χ4v) is 2.69. The predicted octanol–water partition coefficient (Wildman–Crippen LogP) is 3.59. The molecule has 1 N–H and O–H groups in total. The molecule has 0 aliphatic rings. The molecular formula is C13H16BrN3OS. The summed E-state index contributed by atoms with van der Waals surface area (Å²) in [6.07, 6.45) is 0. The zero-order valence-electron chi connectivity index (χ0n) is 11.1. The highest BCUT2D eigenvalue weighted by Crippen LogP contribution is 2.31. The second-order valence-electron chi connectivity index (χ2n) is 4.18. The second-order valence-corrected chi connectivity index (χ2v) is 6.16. The Kier molecular flexibility index (Phi) is 4.66. The summed E-state index contributed by atoms with van der Waals surface area (Å²) >= 11 is 5.05. The van der Waals surface area contributed by atoms with Gasteiger partial charge in [0.15, 0.2) is 5.13 Å². The summed E-state index contributed by atoms with van der Waals surface area (Å²) in [5.41, 5.74) is 1.07. The largest absolute Gasteiger partial charge is 0.480 e. The Bertz CT molecular complexity index is 539. The molecule has 0 saturated carbocycles. The highest BCUT2D eigenvalue weighted by molar-refractivity contribution is 9.10. The van der Waals surface area contributed by atoms with Crippen LogP contribution in [0.3, 0.4) is 0 Å². The van der Waals surface area contributed by atoms with E-state index in [0.29, 0.717) is 12.4 Å². The summed E-state index contributed by atoms with van der Waals surface area (Å²) in [5, 5.41) is 4.31. The molecule has 0 spiro atoms. The lowest BCUT2D eigenvalue weighted by Crippen LogP contribution is -2.07. The number of methoxy groups -OCH3 is 1. The van der Waals surface area contributed by atoms with Crippen LogP contribution in [0.2, 0.25) is 0 Å². The molecule has 2 aromatic rings. The van der Waals surface area contributed by atoms with Crippen LogP contribution in [0.15, 0.2) is 28.7 Å². The first kappa shape index (κ1) is 14.1. The molecule has 1 aromatic heterocycles. The van der Waals surface area contributed by atoms with Crippen LogP contribution in [0.5, 0.6) is 5.88 Å². The summed E-state index contributed by atoms with van der Waals surface area (Å²) < 4.78 is 6.38. The molecule has 0 aliphatic carbocycles. The van der Waals surface area contributed by atoms with Gasteiger partial charge in [0.1, 0.15) is 0 Å². The quantitative estimate of drug-likeness (QED) is 0.901. The monoisotopic (exact) mass is 341 g/mol. The predicted molar refractivity (Wildman–Crippen MR) is 84.5 cm³/mol. The fraction of sp³-hybridized carbons (Fsp3) is 0.308. The third-order valence-electron chi connectivity index (χ3n) is 2.52. The van der Waals surface area contributed by atoms with Gasteiger partial charge in [-0.2, -0.15) is 4.98 Å². The molecule has 4 nitrogen and oxygen atoms in total. The van der Waals surface area contributed by atoms with Gasteiger partial charge in [-0.3, -0.25) is 0 Å². The molecule has 0 fully saturated rings. The molecule has 19 heavy (non-hydrogen) atoms. The molecule has 0 saturated heterocycles. The van der Waals surface area contributed by atoms with Crippen LogP contribution in [0.25, 0.3) is 0 Å². The number of hydrogen-bond acceptors (Lipinski definition) is 5. The fourth-order valence-electron chi connectivity index (χ4n) is 1.54. The van der Waals surface area contributed by atoms with Gasteiger partial charge in [-0.05, 0) is 24.3 Å². The Morgan fingerprint density at radius 2 is 2.00 bits per heavy atom. The highest BCUT2D eigenvalue weighted by Gasteiger charge is 2.12. The lowest BCUT2D eigenvalue weighted by atomic mass is 10.3. The van der Waals surface area contributed by atoms with Crippen molar-refractivity contribution in [2.75, 3.05) is 31.4 Å². The zero-order valence-corrected chi connectivity index (χ0v) is 13.5. The van der Waals surface area contributed by atoms with E-state index in [9.17, 15) is 0 Å². The molecular weight excluding hydrogens is 326 g/mol. The molecule has 0 bridgehead atoms. The van der Waals surface area contributed by atoms with Crippen molar-refractivity contribution in [2.45, 2.75) is 6.54 Å². The number of thiazole rings is 1. The SMILES string of the molecule is COc1nc(N(C)C)sc1CNc1ccc(Br)cc1. The minimum atomic E-state index is 0.693. The molecule has 0 aliphatic heterocycles. The van der Waals surface area contributed by atoms with Crippen LogP contribution < -0.4 is 15.0 Å². The van der Waals surface area contributed by atoms with Gasteiger partial charge < -0.3 is 15.0 Å². The first-order valence-corrected chi connectivity index (χ1v) is 7.41. The zero-order chi connectivity index (χ0) is 13.8. The lowest BCUT2D eigenvalue weighted by Gasteiger charge is -2.06. The third kappa shape index (κ3) is 3.61. The van der Waals surface area contributed by atoms with Gasteiger partial charge in [0.2, 0.25) is 5.88 Å². The van der Waals surface area contributed by atoms with Crippen LogP contribution in [-0.2, 0) is 6.54 Å². The van der Waals surface area contributed by atoms with Crippen LogP contribution in [0.1, 0.15) is 4.88 Å². The second kappa shape index (κ2) is 6.25. The number of halogens is 1. The average molecular weight is 342 g/mol. The maximum Gasteiger partial charge on any atom is 0.231 e. The number of ether oxygens (including phenoxy) is 1. The lowest BCUT2D eigenvalue weighted by molar-refractivity contribution is 0.397. The number of anilines is 2. The van der Waals surface area contributed by atoms with E-state index in [1.807, 2.05) is 43.3 Å². The Morgan fingerprint density at radius 3 is 2.58 bits per heavy atom. The van der Waals surface area contributed by atoms with Gasteiger partial charge in [0.25, 0.3) is 0 Å². The van der Waals surface area contributed by atoms with Crippen LogP contribution >= 0.6 is 27.3 Å². The molecule has 102 valence electrons. The highest BCUT2D eigenvalue weighted by atomic mass is 79.9. The van der Waals surface area contributed by atoms with Crippen molar-refractivity contribution in [1.82, 2.24) is 4.98 Å². The van der Waals surface area contributed by atoms with Gasteiger partial charge in [-0.1, -0.05) is 27.3 Å². The number of hydrogen-bond donors (Lipinski definition) is 1. The Balaban J connectivity index is 2.08. The van der Waals surface area contributed by atoms with Crippen LogP contribution in [0, 0.1) is 0 Å². The van der Waals surface area contributed by atoms with E-state index in [4.69, 9.17) is 4.74 Å². The van der Waals surface area contributed by atoms with Crippen molar-refractivity contribution in [2.24, 2.45) is 0 Å². The number of nitrogens with zero attached hydrogens (tertiary/aromatic N) is 2. The molecule has 1 aromatic carbocycles. The van der Waals surface area contributed by atoms with Gasteiger partial charge in [0, 0.05) is 24.3 Å². The average Bonchev–Trinajstić information content (AvgIpc) is 2.81. The maximum atomic E-state index is 5.31. The molecule has 0 atom stereocenters. The van der Waals surface area contributed by atoms with Gasteiger partial charge >= 0.3 is 0 Å². The summed E-state index contributed by atoms with van der Waals surface area (Å²) in [7, 11) is 5.60. The molecule has 0 amide bonds. The minimum Gasteiger partial charge on any atom is -0.480 e. The Morgan fingerprint density at radius 1 is 1.32 bits per heavy atom. The summed E-state index contributed by atoms with van der Waals surface area (Å²) in [6, 6.07) is 8.09. The van der Waals surface area contributed by atoms with Crippen LogP contribution in [-0.4, -0.2) is 26.2 Å². The maximum absolute atomic E-state index is 5.31. The summed E-state index contributed by atoms with van der Waals surface area (Å²) in [6.45, 7) is 0.705. The van der Waals surface area contributed by atoms with Crippen molar-refractivity contribution < 1.29 is 4.74 Å². The smallest absolute Gasteiger partial charge is 0.231 e. The van der Waals surface area contributed by atoms with Gasteiger partial charge in [0.05, 0.1) is 18.5 Å². The molecule has 0 unspecified atom stereocenters. The topological polar surface area (TPSA) is 37.4 Å². The van der Waals surface area contributed by atoms with E-state index < -0.39 is 0 Å². The summed E-state index contributed by atoms with van der Waals surface area (Å²) in [5.74, 6) is 0.693. The minimum absolute atomic E-state index is 0.693. The summed E-state index contributed by atoms with van der Waals surface area (Å²) in [4.78, 5) is 7.50. The van der Waals surface area contributed by atoms with E-state index in [2.05, 4.69) is 26.2 Å². The normalized spacial score (nSPS) is 10.3. The number of benzene rings is 1. The molecule has 2 rings (SSSR count). The van der Waals surface area contributed by atoms with E-state index in [0.717, 1.165) is 20.2 Å². The molecule has 6 heteroatoms. The van der Waals surface area contributed by atoms with E-state index in [1.54, 1.807) is 18.4 Å². The van der Waals surface area contributed by atoms with E-state index in [-0.39, 0.29) is 0 Å². The van der Waals surface area contributed by atoms with Crippen molar-refractivity contribution in [3.05, 3.63) is 33.6 Å². The first-order chi connectivity index (χ1) is 9.10. The number of nitrogens with one attached hydrogen (secondary N) is 1. The van der Waals surface area contributed by atoms with E-state index >= 15 is 0 Å². The van der Waals surface area contributed by atoms with Crippen molar-refractivity contribution in [3.8, 4) is 5.88 Å². The van der Waals surface area contributed by atoms with Gasteiger partial charge in [-0.25, -0.2) is 0 Å².